The summed E-state index contributed by atoms with van der Waals surface area (Å²) < 4.78 is 5.44. The van der Waals surface area contributed by atoms with Crippen LogP contribution in [0.5, 0.6) is 0 Å². The smallest absolute Gasteiger partial charge is 0.292 e. The molecule has 0 saturated carbocycles. The number of nitrogens with zero attached hydrogens (tertiary/aromatic N) is 2. The molecular formula is C14H22N2O4. The van der Waals surface area contributed by atoms with Crippen molar-refractivity contribution in [3.05, 3.63) is 33.9 Å². The lowest BCUT2D eigenvalue weighted by Gasteiger charge is -2.20. The maximum Gasteiger partial charge on any atom is 0.292 e. The first-order chi connectivity index (χ1) is 9.32. The molecule has 0 unspecified atom stereocenters. The number of benzene rings is 1. The molecule has 0 radical (unpaired) electrons. The van der Waals surface area contributed by atoms with Gasteiger partial charge in [0.2, 0.25) is 0 Å². The molecule has 1 aromatic carbocycles. The van der Waals surface area contributed by atoms with Gasteiger partial charge in [0.05, 0.1) is 23.7 Å². The molecule has 1 aromatic rings. The minimum absolute atomic E-state index is 0.00422. The molecule has 0 amide bonds. The lowest BCUT2D eigenvalue weighted by atomic mass is 10.1. The Morgan fingerprint density at radius 2 is 2.05 bits per heavy atom. The summed E-state index contributed by atoms with van der Waals surface area (Å²) >= 11 is 0. The maximum absolute atomic E-state index is 11.1. The minimum atomic E-state index is -0.725. The summed E-state index contributed by atoms with van der Waals surface area (Å²) in [6.45, 7) is 6.54. The van der Waals surface area contributed by atoms with Crippen molar-refractivity contribution in [2.75, 3.05) is 25.1 Å². The number of hydrogen-bond donors (Lipinski definition) is 1. The standard InChI is InChI=1S/C14H22N2O4/c1-10(2)20-8-7-15(4)13-6-5-12(11(3)17)9-14(13)16(18)19/h5-6,9-11,17H,7-8H2,1-4H3/t11-/m1/s1. The summed E-state index contributed by atoms with van der Waals surface area (Å²) in [6.07, 6.45) is -0.590. The Labute approximate surface area is 119 Å². The first kappa shape index (κ1) is 16.4. The lowest BCUT2D eigenvalue weighted by molar-refractivity contribution is -0.384. The molecule has 0 aliphatic heterocycles. The Bertz CT molecular complexity index is 460. The molecule has 1 N–H and O–H groups in total. The van der Waals surface area contributed by atoms with Gasteiger partial charge in [0, 0.05) is 19.7 Å². The molecule has 6 heteroatoms. The van der Waals surface area contributed by atoms with Crippen molar-refractivity contribution in [2.24, 2.45) is 0 Å². The molecule has 0 aliphatic carbocycles. The van der Waals surface area contributed by atoms with E-state index in [1.54, 1.807) is 31.0 Å². The van der Waals surface area contributed by atoms with Crippen LogP contribution in [0.3, 0.4) is 0 Å². The van der Waals surface area contributed by atoms with Gasteiger partial charge in [-0.25, -0.2) is 0 Å². The van der Waals surface area contributed by atoms with E-state index in [-0.39, 0.29) is 11.8 Å². The van der Waals surface area contributed by atoms with E-state index in [1.807, 2.05) is 13.8 Å². The predicted octanol–water partition coefficient (Wildman–Crippen LogP) is 2.51. The van der Waals surface area contributed by atoms with E-state index in [2.05, 4.69) is 0 Å². The summed E-state index contributed by atoms with van der Waals surface area (Å²) in [5.41, 5.74) is 1.05. The topological polar surface area (TPSA) is 75.8 Å². The van der Waals surface area contributed by atoms with Crippen LogP contribution in [0, 0.1) is 10.1 Å². The molecular weight excluding hydrogens is 260 g/mol. The first-order valence-electron chi connectivity index (χ1n) is 6.62. The molecule has 1 rings (SSSR count). The number of nitro groups is 1. The average molecular weight is 282 g/mol. The van der Waals surface area contributed by atoms with Crippen LogP contribution in [0.1, 0.15) is 32.4 Å². The van der Waals surface area contributed by atoms with Crippen LogP contribution < -0.4 is 4.90 Å². The van der Waals surface area contributed by atoms with Gasteiger partial charge in [0.1, 0.15) is 5.69 Å². The number of rotatable bonds is 7. The van der Waals surface area contributed by atoms with Crippen molar-refractivity contribution in [3.8, 4) is 0 Å². The van der Waals surface area contributed by atoms with Gasteiger partial charge in [0.25, 0.3) is 5.69 Å². The van der Waals surface area contributed by atoms with Gasteiger partial charge in [-0.1, -0.05) is 6.07 Å². The van der Waals surface area contributed by atoms with Gasteiger partial charge in [0.15, 0.2) is 0 Å². The highest BCUT2D eigenvalue weighted by molar-refractivity contribution is 5.64. The zero-order valence-electron chi connectivity index (χ0n) is 12.4. The summed E-state index contributed by atoms with van der Waals surface area (Å²) in [4.78, 5) is 12.5. The summed E-state index contributed by atoms with van der Waals surface area (Å²) in [6, 6.07) is 4.78. The molecule has 0 fully saturated rings. The second-order valence-corrected chi connectivity index (χ2v) is 5.02. The highest BCUT2D eigenvalue weighted by Gasteiger charge is 2.19. The fraction of sp³-hybridized carbons (Fsp3) is 0.571. The Morgan fingerprint density at radius 3 is 2.55 bits per heavy atom. The van der Waals surface area contributed by atoms with Crippen molar-refractivity contribution in [3.63, 3.8) is 0 Å². The van der Waals surface area contributed by atoms with Gasteiger partial charge in [-0.2, -0.15) is 0 Å². The third-order valence-corrected chi connectivity index (χ3v) is 2.97. The van der Waals surface area contributed by atoms with Gasteiger partial charge < -0.3 is 14.7 Å². The van der Waals surface area contributed by atoms with E-state index in [1.165, 1.54) is 6.07 Å². The monoisotopic (exact) mass is 282 g/mol. The zero-order chi connectivity index (χ0) is 15.3. The van der Waals surface area contributed by atoms with E-state index < -0.39 is 11.0 Å². The van der Waals surface area contributed by atoms with Crippen molar-refractivity contribution >= 4 is 11.4 Å². The molecule has 0 heterocycles. The van der Waals surface area contributed by atoms with Crippen LogP contribution in [-0.2, 0) is 4.74 Å². The first-order valence-corrected chi connectivity index (χ1v) is 6.62. The number of aliphatic hydroxyl groups excluding tert-OH is 1. The van der Waals surface area contributed by atoms with Gasteiger partial charge in [-0.15, -0.1) is 0 Å². The third kappa shape index (κ3) is 4.47. The lowest BCUT2D eigenvalue weighted by Crippen LogP contribution is -2.24. The van der Waals surface area contributed by atoms with Crippen LogP contribution in [0.4, 0.5) is 11.4 Å². The molecule has 0 saturated heterocycles. The normalized spacial score (nSPS) is 12.5. The van der Waals surface area contributed by atoms with E-state index in [9.17, 15) is 15.2 Å². The zero-order valence-corrected chi connectivity index (χ0v) is 12.4. The Kier molecular flexibility index (Phi) is 5.91. The summed E-state index contributed by atoms with van der Waals surface area (Å²) in [7, 11) is 1.79. The summed E-state index contributed by atoms with van der Waals surface area (Å²) in [5.74, 6) is 0. The van der Waals surface area contributed by atoms with Gasteiger partial charge in [-0.05, 0) is 32.4 Å². The largest absolute Gasteiger partial charge is 0.389 e. The van der Waals surface area contributed by atoms with Crippen molar-refractivity contribution in [1.82, 2.24) is 0 Å². The SMILES string of the molecule is CC(C)OCCN(C)c1ccc([C@@H](C)O)cc1[N+](=O)[O-]. The number of aliphatic hydroxyl groups is 1. The summed E-state index contributed by atoms with van der Waals surface area (Å²) in [5, 5.41) is 20.7. The number of likely N-dealkylation sites (N-methyl/N-ethyl adjacent to an activating group) is 1. The van der Waals surface area contributed by atoms with Gasteiger partial charge in [-0.3, -0.25) is 10.1 Å². The second-order valence-electron chi connectivity index (χ2n) is 5.02. The van der Waals surface area contributed by atoms with E-state index in [4.69, 9.17) is 4.74 Å². The van der Waals surface area contributed by atoms with Crippen LogP contribution in [0.2, 0.25) is 0 Å². The molecule has 0 aromatic heterocycles. The fourth-order valence-corrected chi connectivity index (χ4v) is 1.82. The average Bonchev–Trinajstić information content (AvgIpc) is 2.37. The van der Waals surface area contributed by atoms with E-state index >= 15 is 0 Å². The van der Waals surface area contributed by atoms with Crippen molar-refractivity contribution in [2.45, 2.75) is 33.0 Å². The molecule has 20 heavy (non-hydrogen) atoms. The van der Waals surface area contributed by atoms with Crippen LogP contribution in [0.25, 0.3) is 0 Å². The molecule has 0 aliphatic rings. The number of ether oxygens (including phenoxy) is 1. The Hall–Kier alpha value is -1.66. The molecule has 6 nitrogen and oxygen atoms in total. The predicted molar refractivity (Wildman–Crippen MR) is 78.1 cm³/mol. The number of hydrogen-bond acceptors (Lipinski definition) is 5. The molecule has 112 valence electrons. The van der Waals surface area contributed by atoms with E-state index in [0.717, 1.165) is 0 Å². The van der Waals surface area contributed by atoms with Crippen molar-refractivity contribution in [1.29, 1.82) is 0 Å². The number of nitro benzene ring substituents is 1. The Morgan fingerprint density at radius 1 is 1.40 bits per heavy atom. The second kappa shape index (κ2) is 7.21. The number of anilines is 1. The quantitative estimate of drug-likeness (QED) is 0.614. The highest BCUT2D eigenvalue weighted by atomic mass is 16.6. The maximum atomic E-state index is 11.1. The molecule has 1 atom stereocenters. The van der Waals surface area contributed by atoms with E-state index in [0.29, 0.717) is 24.4 Å². The molecule has 0 spiro atoms. The Balaban J connectivity index is 2.90. The van der Waals surface area contributed by atoms with Crippen molar-refractivity contribution < 1.29 is 14.8 Å². The van der Waals surface area contributed by atoms with Crippen LogP contribution in [0.15, 0.2) is 18.2 Å². The highest BCUT2D eigenvalue weighted by Crippen LogP contribution is 2.30. The fourth-order valence-electron chi connectivity index (χ4n) is 1.82. The van der Waals surface area contributed by atoms with Gasteiger partial charge >= 0.3 is 0 Å². The minimum Gasteiger partial charge on any atom is -0.389 e. The van der Waals surface area contributed by atoms with Crippen LogP contribution >= 0.6 is 0 Å². The third-order valence-electron chi connectivity index (χ3n) is 2.97. The van der Waals surface area contributed by atoms with Crippen LogP contribution in [-0.4, -0.2) is 36.3 Å². The molecule has 0 bridgehead atoms.